The van der Waals surface area contributed by atoms with Crippen molar-refractivity contribution in [3.05, 3.63) is 23.8 Å². The van der Waals surface area contributed by atoms with Crippen LogP contribution in [0, 0.1) is 6.92 Å². The van der Waals surface area contributed by atoms with Crippen LogP contribution in [0.1, 0.15) is 38.1 Å². The summed E-state index contributed by atoms with van der Waals surface area (Å²) < 4.78 is 5.30. The normalized spacial score (nSPS) is 14.3. The first-order chi connectivity index (χ1) is 9.11. The molecule has 0 aliphatic heterocycles. The molecule has 2 aromatic heterocycles. The maximum atomic E-state index is 5.30. The molecule has 0 saturated carbocycles. The quantitative estimate of drug-likeness (QED) is 0.886. The molecule has 0 amide bonds. The Morgan fingerprint density at radius 3 is 2.53 bits per heavy atom. The predicted octanol–water partition coefficient (Wildman–Crippen LogP) is 1.94. The van der Waals surface area contributed by atoms with Gasteiger partial charge in [0.05, 0.1) is 5.92 Å². The molecule has 19 heavy (non-hydrogen) atoms. The Hall–Kier alpha value is -1.82. The van der Waals surface area contributed by atoms with Crippen LogP contribution in [0.4, 0.5) is 0 Å². The van der Waals surface area contributed by atoms with Crippen LogP contribution in [0.5, 0.6) is 0 Å². The van der Waals surface area contributed by atoms with Crippen molar-refractivity contribution in [2.24, 2.45) is 0 Å². The summed E-state index contributed by atoms with van der Waals surface area (Å²) in [6.07, 6.45) is 3.48. The van der Waals surface area contributed by atoms with E-state index < -0.39 is 0 Å². The number of aromatic nitrogens is 4. The fourth-order valence-electron chi connectivity index (χ4n) is 1.73. The Balaban J connectivity index is 2.16. The highest BCUT2D eigenvalue weighted by molar-refractivity contribution is 5.41. The lowest BCUT2D eigenvalue weighted by molar-refractivity contribution is 0.332. The molecule has 6 nitrogen and oxygen atoms in total. The van der Waals surface area contributed by atoms with Crippen molar-refractivity contribution in [2.45, 2.75) is 39.7 Å². The zero-order valence-electron chi connectivity index (χ0n) is 11.7. The second-order valence-corrected chi connectivity index (χ2v) is 4.68. The van der Waals surface area contributed by atoms with Crippen molar-refractivity contribution in [2.75, 3.05) is 6.54 Å². The zero-order valence-corrected chi connectivity index (χ0v) is 11.7. The van der Waals surface area contributed by atoms with Gasteiger partial charge in [0.15, 0.2) is 0 Å². The summed E-state index contributed by atoms with van der Waals surface area (Å²) in [7, 11) is 0. The fourth-order valence-corrected chi connectivity index (χ4v) is 1.73. The maximum Gasteiger partial charge on any atom is 0.240 e. The van der Waals surface area contributed by atoms with Gasteiger partial charge in [0.2, 0.25) is 17.5 Å². The molecule has 0 saturated heterocycles. The number of likely N-dealkylation sites (N-methyl/N-ethyl adjacent to an activating group) is 1. The molecule has 2 aromatic rings. The van der Waals surface area contributed by atoms with E-state index in [0.717, 1.165) is 12.1 Å². The lowest BCUT2D eigenvalue weighted by Gasteiger charge is -2.16. The average molecular weight is 261 g/mol. The van der Waals surface area contributed by atoms with Crippen molar-refractivity contribution in [1.82, 2.24) is 25.4 Å². The second-order valence-electron chi connectivity index (χ2n) is 4.68. The minimum atomic E-state index is 0.145. The lowest BCUT2D eigenvalue weighted by atomic mass is 10.0. The molecule has 0 spiro atoms. The smallest absolute Gasteiger partial charge is 0.240 e. The minimum absolute atomic E-state index is 0.145. The van der Waals surface area contributed by atoms with Crippen molar-refractivity contribution >= 4 is 0 Å². The SMILES string of the molecule is CCNC(C)C(C)c1nc(-c2ncc(C)cn2)no1. The zero-order chi connectivity index (χ0) is 13.8. The van der Waals surface area contributed by atoms with E-state index in [-0.39, 0.29) is 12.0 Å². The Bertz CT molecular complexity index is 522. The maximum absolute atomic E-state index is 5.30. The first-order valence-corrected chi connectivity index (χ1v) is 6.47. The van der Waals surface area contributed by atoms with Gasteiger partial charge < -0.3 is 9.84 Å². The molecular weight excluding hydrogens is 242 g/mol. The molecule has 2 rings (SSSR count). The molecule has 2 atom stereocenters. The minimum Gasteiger partial charge on any atom is -0.339 e. The van der Waals surface area contributed by atoms with E-state index in [4.69, 9.17) is 4.52 Å². The Morgan fingerprint density at radius 1 is 1.21 bits per heavy atom. The molecule has 0 bridgehead atoms. The Kier molecular flexibility index (Phi) is 4.21. The van der Waals surface area contributed by atoms with Gasteiger partial charge in [-0.15, -0.1) is 0 Å². The molecule has 0 aromatic carbocycles. The summed E-state index contributed by atoms with van der Waals surface area (Å²) in [6, 6.07) is 0.275. The van der Waals surface area contributed by atoms with E-state index in [9.17, 15) is 0 Å². The van der Waals surface area contributed by atoms with Crippen LogP contribution in [0.15, 0.2) is 16.9 Å². The van der Waals surface area contributed by atoms with E-state index >= 15 is 0 Å². The number of hydrogen-bond acceptors (Lipinski definition) is 6. The second kappa shape index (κ2) is 5.88. The first-order valence-electron chi connectivity index (χ1n) is 6.47. The monoisotopic (exact) mass is 261 g/mol. The number of nitrogens with one attached hydrogen (secondary N) is 1. The van der Waals surface area contributed by atoms with Crippen LogP contribution >= 0.6 is 0 Å². The fraction of sp³-hybridized carbons (Fsp3) is 0.538. The van der Waals surface area contributed by atoms with Crippen molar-refractivity contribution in [3.63, 3.8) is 0 Å². The Labute approximate surface area is 112 Å². The molecule has 0 aliphatic rings. The number of nitrogens with zero attached hydrogens (tertiary/aromatic N) is 4. The van der Waals surface area contributed by atoms with Crippen LogP contribution < -0.4 is 5.32 Å². The largest absolute Gasteiger partial charge is 0.339 e. The highest BCUT2D eigenvalue weighted by Gasteiger charge is 2.21. The molecule has 0 radical (unpaired) electrons. The lowest BCUT2D eigenvalue weighted by Crippen LogP contribution is -2.30. The van der Waals surface area contributed by atoms with Crippen molar-refractivity contribution < 1.29 is 4.52 Å². The van der Waals surface area contributed by atoms with Crippen LogP contribution in [0.3, 0.4) is 0 Å². The molecule has 6 heteroatoms. The predicted molar refractivity (Wildman–Crippen MR) is 71.6 cm³/mol. The van der Waals surface area contributed by atoms with Gasteiger partial charge in [0, 0.05) is 18.4 Å². The number of hydrogen-bond donors (Lipinski definition) is 1. The van der Waals surface area contributed by atoms with Crippen molar-refractivity contribution in [1.29, 1.82) is 0 Å². The summed E-state index contributed by atoms with van der Waals surface area (Å²) in [4.78, 5) is 12.8. The van der Waals surface area contributed by atoms with Gasteiger partial charge in [-0.05, 0) is 26.0 Å². The van der Waals surface area contributed by atoms with E-state index in [0.29, 0.717) is 17.5 Å². The van der Waals surface area contributed by atoms with Gasteiger partial charge in [0.25, 0.3) is 0 Å². The highest BCUT2D eigenvalue weighted by atomic mass is 16.5. The third-order valence-corrected chi connectivity index (χ3v) is 3.09. The first kappa shape index (κ1) is 13.6. The van der Waals surface area contributed by atoms with E-state index in [1.165, 1.54) is 0 Å². The summed E-state index contributed by atoms with van der Waals surface area (Å²) in [5.74, 6) is 1.67. The van der Waals surface area contributed by atoms with Crippen molar-refractivity contribution in [3.8, 4) is 11.6 Å². The van der Waals surface area contributed by atoms with Gasteiger partial charge in [0.1, 0.15) is 0 Å². The standard InChI is InChI=1S/C13H19N5O/c1-5-14-10(4)9(3)13-17-12(18-19-13)11-15-6-8(2)7-16-11/h6-7,9-10,14H,5H2,1-4H3. The summed E-state index contributed by atoms with van der Waals surface area (Å²) in [6.45, 7) is 9.07. The van der Waals surface area contributed by atoms with Gasteiger partial charge in [-0.25, -0.2) is 9.97 Å². The molecule has 1 N–H and O–H groups in total. The topological polar surface area (TPSA) is 76.7 Å². The van der Waals surface area contributed by atoms with E-state index in [1.54, 1.807) is 12.4 Å². The number of rotatable bonds is 5. The summed E-state index contributed by atoms with van der Waals surface area (Å²) >= 11 is 0. The van der Waals surface area contributed by atoms with E-state index in [2.05, 4.69) is 46.2 Å². The van der Waals surface area contributed by atoms with Gasteiger partial charge >= 0.3 is 0 Å². The number of aryl methyl sites for hydroxylation is 1. The summed E-state index contributed by atoms with van der Waals surface area (Å²) in [5.41, 5.74) is 1.00. The van der Waals surface area contributed by atoms with E-state index in [1.807, 2.05) is 6.92 Å². The molecule has 2 heterocycles. The van der Waals surface area contributed by atoms with Crippen LogP contribution in [-0.4, -0.2) is 32.7 Å². The highest BCUT2D eigenvalue weighted by Crippen LogP contribution is 2.19. The molecule has 0 fully saturated rings. The third-order valence-electron chi connectivity index (χ3n) is 3.09. The van der Waals surface area contributed by atoms with Gasteiger partial charge in [-0.3, -0.25) is 0 Å². The molecule has 0 aliphatic carbocycles. The van der Waals surface area contributed by atoms with Crippen LogP contribution in [0.25, 0.3) is 11.6 Å². The van der Waals surface area contributed by atoms with Gasteiger partial charge in [-0.1, -0.05) is 19.0 Å². The molecular formula is C13H19N5O. The van der Waals surface area contributed by atoms with Crippen LogP contribution in [0.2, 0.25) is 0 Å². The average Bonchev–Trinajstić information content (AvgIpc) is 2.88. The van der Waals surface area contributed by atoms with Crippen LogP contribution in [-0.2, 0) is 0 Å². The van der Waals surface area contributed by atoms with Gasteiger partial charge in [-0.2, -0.15) is 4.98 Å². The summed E-state index contributed by atoms with van der Waals surface area (Å²) in [5, 5.41) is 7.28. The molecule has 102 valence electrons. The Morgan fingerprint density at radius 2 is 1.89 bits per heavy atom. The third kappa shape index (κ3) is 3.14. The molecule has 2 unspecified atom stereocenters.